The van der Waals surface area contributed by atoms with E-state index in [2.05, 4.69) is 86.5 Å². The zero-order valence-electron chi connectivity index (χ0n) is 12.5. The van der Waals surface area contributed by atoms with Gasteiger partial charge in [-0.1, -0.05) is 49.4 Å². The highest BCUT2D eigenvalue weighted by atomic mass is 127. The maximum Gasteiger partial charge on any atom is 0.0554 e. The fourth-order valence-electron chi connectivity index (χ4n) is 3.31. The smallest absolute Gasteiger partial charge is 0.0554 e. The number of halogens is 1. The summed E-state index contributed by atoms with van der Waals surface area (Å²) in [5, 5.41) is 2.85. The van der Waals surface area contributed by atoms with Gasteiger partial charge in [0.25, 0.3) is 0 Å². The predicted molar refractivity (Wildman–Crippen MR) is 107 cm³/mol. The van der Waals surface area contributed by atoms with Crippen LogP contribution in [-0.4, -0.2) is 5.55 Å². The van der Waals surface area contributed by atoms with Crippen LogP contribution >= 0.6 is 28.4 Å². The highest BCUT2D eigenvalue weighted by Crippen LogP contribution is 2.68. The Kier molecular flexibility index (Phi) is 3.65. The summed E-state index contributed by atoms with van der Waals surface area (Å²) in [5.41, 5.74) is 9.28. The zero-order valence-corrected chi connectivity index (χ0v) is 15.5. The molecular weight excluding hydrogens is 401 g/mol. The lowest BCUT2D eigenvalue weighted by atomic mass is 9.85. The van der Waals surface area contributed by atoms with Gasteiger partial charge in [-0.3, -0.25) is 4.99 Å². The van der Waals surface area contributed by atoms with Crippen molar-refractivity contribution in [3.05, 3.63) is 70.8 Å². The summed E-state index contributed by atoms with van der Waals surface area (Å²) >= 11 is 2.61. The molecule has 22 heavy (non-hydrogen) atoms. The van der Waals surface area contributed by atoms with Gasteiger partial charge in [0, 0.05) is 11.4 Å². The monoisotopic (exact) mass is 419 g/mol. The largest absolute Gasteiger partial charge is 0.258 e. The molecule has 5 rings (SSSR count). The molecular formula is C19H18INS. The van der Waals surface area contributed by atoms with Crippen LogP contribution in [0.1, 0.15) is 35.3 Å². The van der Waals surface area contributed by atoms with Crippen LogP contribution in [0, 0.1) is 0 Å². The van der Waals surface area contributed by atoms with Gasteiger partial charge in [0.15, 0.2) is 0 Å². The van der Waals surface area contributed by atoms with Gasteiger partial charge in [0.2, 0.25) is 0 Å². The summed E-state index contributed by atoms with van der Waals surface area (Å²) in [6.45, 7) is 2.28. The van der Waals surface area contributed by atoms with E-state index < -0.39 is 7.20 Å². The molecule has 2 aromatic carbocycles. The van der Waals surface area contributed by atoms with Gasteiger partial charge in [0.1, 0.15) is 0 Å². The van der Waals surface area contributed by atoms with Crippen LogP contribution in [-0.2, 0) is 6.42 Å². The van der Waals surface area contributed by atoms with Crippen molar-refractivity contribution in [2.75, 3.05) is 0 Å². The van der Waals surface area contributed by atoms with E-state index in [0.29, 0.717) is 5.25 Å². The number of rotatable bonds is 4. The van der Waals surface area contributed by atoms with Crippen molar-refractivity contribution in [2.45, 2.75) is 25.0 Å². The molecule has 1 aliphatic heterocycles. The van der Waals surface area contributed by atoms with Crippen molar-refractivity contribution in [1.29, 1.82) is 0 Å². The summed E-state index contributed by atoms with van der Waals surface area (Å²) in [7, 11) is -0.926. The molecule has 0 radical (unpaired) electrons. The Morgan fingerprint density at radius 3 is 2.50 bits per heavy atom. The average Bonchev–Trinajstić information content (AvgIpc) is 2.95. The molecule has 1 heterocycles. The quantitative estimate of drug-likeness (QED) is 0.436. The predicted octanol–water partition coefficient (Wildman–Crippen LogP) is 6.38. The molecule has 3 aliphatic rings. The summed E-state index contributed by atoms with van der Waals surface area (Å²) in [6.07, 6.45) is 4.25. The minimum atomic E-state index is -0.926. The summed E-state index contributed by atoms with van der Waals surface area (Å²) in [4.78, 5) is 4.34. The van der Waals surface area contributed by atoms with Crippen molar-refractivity contribution in [3.63, 3.8) is 0 Å². The van der Waals surface area contributed by atoms with E-state index >= 15 is 0 Å². The number of hydrogen-bond acceptors (Lipinski definition) is 1. The fourth-order valence-corrected chi connectivity index (χ4v) is 8.06. The van der Waals surface area contributed by atoms with Crippen LogP contribution in [0.2, 0.25) is 0 Å². The lowest BCUT2D eigenvalue weighted by Crippen LogP contribution is -2.04. The van der Waals surface area contributed by atoms with E-state index in [1.165, 1.54) is 27.8 Å². The molecule has 112 valence electrons. The highest BCUT2D eigenvalue weighted by Gasteiger charge is 2.29. The van der Waals surface area contributed by atoms with Crippen molar-refractivity contribution >= 4 is 34.0 Å². The van der Waals surface area contributed by atoms with E-state index in [-0.39, 0.29) is 0 Å². The number of hydrogen-bond donors (Lipinski definition) is 0. The molecule has 2 atom stereocenters. The van der Waals surface area contributed by atoms with Crippen LogP contribution in [0.4, 0.5) is 0 Å². The Balaban J connectivity index is 1.66. The molecule has 2 bridgehead atoms. The Labute approximate surface area is 145 Å². The lowest BCUT2D eigenvalue weighted by molar-refractivity contribution is 0.896. The molecule has 1 nitrogen and oxygen atoms in total. The SMILES string of the molecule is CCC(c1ccc(-c2ccc3cc2C3)cc1)S1(I)C=CN=C1. The molecule has 0 spiro atoms. The van der Waals surface area contributed by atoms with Gasteiger partial charge in [-0.2, -0.15) is 0 Å². The third-order valence-electron chi connectivity index (χ3n) is 4.54. The first kappa shape index (κ1) is 14.5. The third-order valence-corrected chi connectivity index (χ3v) is 10.4. The van der Waals surface area contributed by atoms with E-state index in [9.17, 15) is 0 Å². The normalized spacial score (nSPS) is 25.5. The Morgan fingerprint density at radius 2 is 1.95 bits per heavy atom. The van der Waals surface area contributed by atoms with E-state index in [4.69, 9.17) is 0 Å². The third kappa shape index (κ3) is 2.35. The maximum atomic E-state index is 4.34. The minimum absolute atomic E-state index is 0.555. The first-order chi connectivity index (χ1) is 10.7. The van der Waals surface area contributed by atoms with E-state index in [1.54, 1.807) is 0 Å². The average molecular weight is 419 g/mol. The minimum Gasteiger partial charge on any atom is -0.258 e. The van der Waals surface area contributed by atoms with Gasteiger partial charge >= 0.3 is 0 Å². The Bertz CT molecular complexity index is 761. The molecule has 2 aromatic rings. The highest BCUT2D eigenvalue weighted by molar-refractivity contribution is 14.2. The number of benzene rings is 2. The van der Waals surface area contributed by atoms with E-state index in [0.717, 1.165) is 12.8 Å². The summed E-state index contributed by atoms with van der Waals surface area (Å²) in [6, 6.07) is 16.0. The molecule has 0 fully saturated rings. The van der Waals surface area contributed by atoms with Gasteiger partial charge < -0.3 is 0 Å². The standard InChI is InChI=1S/C19H18INS/c1-2-19(22(20)10-9-21-13-22)16-6-4-15(5-7-16)18-8-3-14-11-17(18)12-14/h3-11,13,19H,2,12H2,1H3. The molecule has 2 unspecified atom stereocenters. The van der Waals surface area contributed by atoms with E-state index in [1.807, 2.05) is 6.20 Å². The first-order valence-corrected chi connectivity index (χ1v) is 12.0. The molecule has 0 saturated carbocycles. The molecule has 3 heteroatoms. The van der Waals surface area contributed by atoms with Crippen LogP contribution in [0.5, 0.6) is 0 Å². The molecule has 0 amide bonds. The maximum absolute atomic E-state index is 4.34. The van der Waals surface area contributed by atoms with Crippen molar-refractivity contribution < 1.29 is 0 Å². The molecule has 2 aliphatic carbocycles. The van der Waals surface area contributed by atoms with Crippen molar-refractivity contribution in [3.8, 4) is 11.1 Å². The molecule has 0 aromatic heterocycles. The zero-order chi connectivity index (χ0) is 15.2. The van der Waals surface area contributed by atoms with Crippen molar-refractivity contribution in [2.24, 2.45) is 4.99 Å². The second-order valence-electron chi connectivity index (χ2n) is 5.90. The van der Waals surface area contributed by atoms with Crippen LogP contribution in [0.25, 0.3) is 11.1 Å². The van der Waals surface area contributed by atoms with Gasteiger partial charge in [-0.15, -0.1) is 7.20 Å². The van der Waals surface area contributed by atoms with Crippen LogP contribution in [0.15, 0.2) is 59.1 Å². The number of fused-ring (bicyclic) bond motifs is 2. The summed E-state index contributed by atoms with van der Waals surface area (Å²) < 4.78 is 0. The number of nitrogens with zero attached hydrogens (tertiary/aromatic N) is 1. The van der Waals surface area contributed by atoms with Crippen LogP contribution in [0.3, 0.4) is 0 Å². The lowest BCUT2D eigenvalue weighted by Gasteiger charge is -2.32. The first-order valence-electron chi connectivity index (χ1n) is 7.63. The molecule has 0 saturated heterocycles. The Hall–Kier alpha value is -1.07. The van der Waals surface area contributed by atoms with Crippen molar-refractivity contribution in [1.82, 2.24) is 0 Å². The van der Waals surface area contributed by atoms with Gasteiger partial charge in [0.05, 0.1) is 5.55 Å². The fraction of sp³-hybridized carbons (Fsp3) is 0.211. The van der Waals surface area contributed by atoms with Crippen LogP contribution < -0.4 is 0 Å². The topological polar surface area (TPSA) is 12.4 Å². The molecule has 0 N–H and O–H groups in total. The van der Waals surface area contributed by atoms with Gasteiger partial charge in [-0.05, 0) is 67.3 Å². The second kappa shape index (κ2) is 5.53. The summed E-state index contributed by atoms with van der Waals surface area (Å²) in [5.74, 6) is 0. The number of aliphatic imine (C=N–C) groups is 1. The second-order valence-corrected chi connectivity index (χ2v) is 12.9. The van der Waals surface area contributed by atoms with Gasteiger partial charge in [-0.25, -0.2) is 0 Å². The Morgan fingerprint density at radius 1 is 1.18 bits per heavy atom.